The molecular formula is C12H18O. The monoisotopic (exact) mass is 178 g/mol. The van der Waals surface area contributed by atoms with Crippen molar-refractivity contribution in [3.05, 3.63) is 11.1 Å². The molecule has 13 heavy (non-hydrogen) atoms. The Morgan fingerprint density at radius 2 is 2.08 bits per heavy atom. The van der Waals surface area contributed by atoms with Crippen molar-refractivity contribution < 1.29 is 4.74 Å². The highest BCUT2D eigenvalue weighted by molar-refractivity contribution is 5.27. The van der Waals surface area contributed by atoms with Crippen LogP contribution in [0.2, 0.25) is 0 Å². The minimum absolute atomic E-state index is 0.526. The maximum absolute atomic E-state index is 6.01. The van der Waals surface area contributed by atoms with E-state index in [2.05, 4.69) is 13.8 Å². The van der Waals surface area contributed by atoms with Crippen molar-refractivity contribution in [3.63, 3.8) is 0 Å². The largest absolute Gasteiger partial charge is 0.374 e. The summed E-state index contributed by atoms with van der Waals surface area (Å²) in [7, 11) is 0. The number of hydrogen-bond acceptors (Lipinski definition) is 1. The maximum Gasteiger partial charge on any atom is 0.0650 e. The molecule has 1 aliphatic heterocycles. The molecule has 2 aliphatic carbocycles. The molecule has 72 valence electrons. The molecule has 3 rings (SSSR count). The van der Waals surface area contributed by atoms with Gasteiger partial charge in [0.15, 0.2) is 0 Å². The molecule has 3 aliphatic rings. The van der Waals surface area contributed by atoms with Crippen LogP contribution in [-0.4, -0.2) is 12.2 Å². The second-order valence-electron chi connectivity index (χ2n) is 4.95. The molecule has 0 bridgehead atoms. The Labute approximate surface area is 80.2 Å². The fourth-order valence-electron chi connectivity index (χ4n) is 3.68. The zero-order chi connectivity index (χ0) is 9.00. The van der Waals surface area contributed by atoms with Crippen LogP contribution in [0.4, 0.5) is 0 Å². The Balaban J connectivity index is 2.02. The molecule has 0 N–H and O–H groups in total. The van der Waals surface area contributed by atoms with Crippen molar-refractivity contribution in [3.8, 4) is 0 Å². The van der Waals surface area contributed by atoms with Crippen molar-refractivity contribution >= 4 is 0 Å². The van der Waals surface area contributed by atoms with Gasteiger partial charge in [0.1, 0.15) is 0 Å². The molecule has 2 fully saturated rings. The van der Waals surface area contributed by atoms with Crippen LogP contribution in [0.3, 0.4) is 0 Å². The van der Waals surface area contributed by atoms with Crippen molar-refractivity contribution in [2.75, 3.05) is 0 Å². The van der Waals surface area contributed by atoms with Gasteiger partial charge in [-0.25, -0.2) is 0 Å². The van der Waals surface area contributed by atoms with Gasteiger partial charge in [0.2, 0.25) is 0 Å². The molecular weight excluding hydrogens is 160 g/mol. The SMILES string of the molecule is CC1=C2CC[C@@H]3OC(C)[C@H](CC1)[C@H]23. The average Bonchev–Trinajstić information content (AvgIpc) is 2.61. The lowest BCUT2D eigenvalue weighted by Crippen LogP contribution is -2.23. The molecule has 0 aromatic heterocycles. The summed E-state index contributed by atoms with van der Waals surface area (Å²) in [5, 5.41) is 0. The molecule has 0 aromatic carbocycles. The van der Waals surface area contributed by atoms with Gasteiger partial charge in [0.25, 0.3) is 0 Å². The summed E-state index contributed by atoms with van der Waals surface area (Å²) in [6, 6.07) is 0. The summed E-state index contributed by atoms with van der Waals surface area (Å²) in [6.45, 7) is 4.60. The first-order valence-corrected chi connectivity index (χ1v) is 5.61. The standard InChI is InChI=1S/C12H18O/c1-7-3-4-10-8(2)13-11-6-5-9(7)12(10)11/h8,10-12H,3-6H2,1-2H3/t8?,10-,11-,12-/m0/s1. The number of ether oxygens (including phenoxy) is 1. The van der Waals surface area contributed by atoms with Crippen LogP contribution in [0.15, 0.2) is 11.1 Å². The van der Waals surface area contributed by atoms with E-state index in [-0.39, 0.29) is 0 Å². The number of rotatable bonds is 0. The van der Waals surface area contributed by atoms with Crippen LogP contribution in [0.25, 0.3) is 0 Å². The first kappa shape index (κ1) is 8.05. The summed E-state index contributed by atoms with van der Waals surface area (Å²) in [6.07, 6.45) is 6.43. The predicted octanol–water partition coefficient (Wildman–Crippen LogP) is 2.91. The van der Waals surface area contributed by atoms with Crippen molar-refractivity contribution in [2.45, 2.75) is 51.7 Å². The molecule has 0 radical (unpaired) electrons. The second kappa shape index (κ2) is 2.60. The minimum atomic E-state index is 0.526. The van der Waals surface area contributed by atoms with Gasteiger partial charge < -0.3 is 4.74 Å². The average molecular weight is 178 g/mol. The van der Waals surface area contributed by atoms with Gasteiger partial charge >= 0.3 is 0 Å². The molecule has 0 spiro atoms. The molecule has 0 amide bonds. The van der Waals surface area contributed by atoms with E-state index >= 15 is 0 Å². The lowest BCUT2D eigenvalue weighted by atomic mass is 9.76. The highest BCUT2D eigenvalue weighted by Crippen LogP contribution is 2.52. The van der Waals surface area contributed by atoms with Gasteiger partial charge in [-0.2, -0.15) is 0 Å². The highest BCUT2D eigenvalue weighted by Gasteiger charge is 2.48. The molecule has 1 unspecified atom stereocenters. The van der Waals surface area contributed by atoms with Crippen molar-refractivity contribution in [1.82, 2.24) is 0 Å². The highest BCUT2D eigenvalue weighted by atomic mass is 16.5. The zero-order valence-electron chi connectivity index (χ0n) is 8.55. The Bertz CT molecular complexity index is 266. The molecule has 1 heterocycles. The van der Waals surface area contributed by atoms with Crippen LogP contribution in [0.1, 0.15) is 39.5 Å². The second-order valence-corrected chi connectivity index (χ2v) is 4.95. The smallest absolute Gasteiger partial charge is 0.0650 e. The van der Waals surface area contributed by atoms with E-state index in [1.807, 2.05) is 0 Å². The number of hydrogen-bond donors (Lipinski definition) is 0. The van der Waals surface area contributed by atoms with Crippen LogP contribution >= 0.6 is 0 Å². The fourth-order valence-corrected chi connectivity index (χ4v) is 3.68. The molecule has 0 aromatic rings. The Hall–Kier alpha value is -0.300. The van der Waals surface area contributed by atoms with Gasteiger partial charge in [-0.3, -0.25) is 0 Å². The third-order valence-corrected chi connectivity index (χ3v) is 4.36. The lowest BCUT2D eigenvalue weighted by molar-refractivity contribution is 0.0429. The predicted molar refractivity (Wildman–Crippen MR) is 52.5 cm³/mol. The van der Waals surface area contributed by atoms with E-state index < -0.39 is 0 Å². The summed E-state index contributed by atoms with van der Waals surface area (Å²) < 4.78 is 6.01. The molecule has 1 saturated heterocycles. The molecule has 1 saturated carbocycles. The Kier molecular flexibility index (Phi) is 1.61. The van der Waals surface area contributed by atoms with E-state index in [1.54, 1.807) is 11.1 Å². The van der Waals surface area contributed by atoms with Gasteiger partial charge in [-0.15, -0.1) is 0 Å². The van der Waals surface area contributed by atoms with Crippen molar-refractivity contribution in [2.24, 2.45) is 11.8 Å². The molecule has 4 atom stereocenters. The Morgan fingerprint density at radius 1 is 1.23 bits per heavy atom. The summed E-state index contributed by atoms with van der Waals surface area (Å²) >= 11 is 0. The zero-order valence-corrected chi connectivity index (χ0v) is 8.55. The first-order valence-electron chi connectivity index (χ1n) is 5.61. The van der Waals surface area contributed by atoms with Gasteiger partial charge in [-0.1, -0.05) is 11.1 Å². The van der Waals surface area contributed by atoms with Crippen LogP contribution in [0, 0.1) is 11.8 Å². The maximum atomic E-state index is 6.01. The van der Waals surface area contributed by atoms with Crippen LogP contribution in [0.5, 0.6) is 0 Å². The van der Waals surface area contributed by atoms with E-state index in [4.69, 9.17) is 4.74 Å². The summed E-state index contributed by atoms with van der Waals surface area (Å²) in [5.74, 6) is 1.68. The van der Waals surface area contributed by atoms with Crippen LogP contribution in [-0.2, 0) is 4.74 Å². The minimum Gasteiger partial charge on any atom is -0.374 e. The fraction of sp³-hybridized carbons (Fsp3) is 0.833. The summed E-state index contributed by atoms with van der Waals surface area (Å²) in [5.41, 5.74) is 3.45. The van der Waals surface area contributed by atoms with E-state index in [0.29, 0.717) is 12.2 Å². The van der Waals surface area contributed by atoms with Gasteiger partial charge in [0.05, 0.1) is 12.2 Å². The van der Waals surface area contributed by atoms with Crippen LogP contribution < -0.4 is 0 Å². The number of allylic oxidation sites excluding steroid dienone is 1. The Morgan fingerprint density at radius 3 is 2.92 bits per heavy atom. The van der Waals surface area contributed by atoms with E-state index in [1.165, 1.54) is 25.7 Å². The third-order valence-electron chi connectivity index (χ3n) is 4.36. The summed E-state index contributed by atoms with van der Waals surface area (Å²) in [4.78, 5) is 0. The normalized spacial score (nSPS) is 48.5. The lowest BCUT2D eigenvalue weighted by Gasteiger charge is -2.28. The topological polar surface area (TPSA) is 9.23 Å². The van der Waals surface area contributed by atoms with Crippen molar-refractivity contribution in [1.29, 1.82) is 0 Å². The molecule has 1 nitrogen and oxygen atoms in total. The van der Waals surface area contributed by atoms with Gasteiger partial charge in [0, 0.05) is 5.92 Å². The molecule has 1 heteroatoms. The van der Waals surface area contributed by atoms with E-state index in [9.17, 15) is 0 Å². The first-order chi connectivity index (χ1) is 6.27. The quantitative estimate of drug-likeness (QED) is 0.518. The third kappa shape index (κ3) is 0.969. The van der Waals surface area contributed by atoms with E-state index in [0.717, 1.165) is 11.8 Å². The van der Waals surface area contributed by atoms with Gasteiger partial charge in [-0.05, 0) is 45.4 Å².